The summed E-state index contributed by atoms with van der Waals surface area (Å²) in [6, 6.07) is 8.13. The number of ether oxygens (including phenoxy) is 4. The van der Waals surface area contributed by atoms with Gasteiger partial charge in [-0.2, -0.15) is 0 Å². The largest absolute Gasteiger partial charge is 0.460 e. The van der Waals surface area contributed by atoms with Crippen LogP contribution in [0, 0.1) is 0 Å². The number of rotatable bonds is 2. The zero-order valence-electron chi connectivity index (χ0n) is 17.5. The second kappa shape index (κ2) is 12.4. The Morgan fingerprint density at radius 2 is 1.48 bits per heavy atom. The summed E-state index contributed by atoms with van der Waals surface area (Å²) < 4.78 is 22.2. The molecular weight excluding hydrogens is 372 g/mol. The van der Waals surface area contributed by atoms with Gasteiger partial charge in [0, 0.05) is 33.5 Å². The molecule has 160 valence electrons. The Morgan fingerprint density at radius 1 is 0.931 bits per heavy atom. The van der Waals surface area contributed by atoms with E-state index in [0.29, 0.717) is 39.3 Å². The fourth-order valence-electron chi connectivity index (χ4n) is 3.25. The van der Waals surface area contributed by atoms with E-state index < -0.39 is 0 Å². The number of fused-ring (bicyclic) bond motifs is 15. The predicted molar refractivity (Wildman–Crippen MR) is 110 cm³/mol. The lowest BCUT2D eigenvalue weighted by Crippen LogP contribution is -2.24. The average Bonchev–Trinajstić information content (AvgIpc) is 2.66. The molecule has 2 heterocycles. The molecule has 29 heavy (non-hydrogen) atoms. The van der Waals surface area contributed by atoms with E-state index in [1.165, 1.54) is 13.8 Å². The Bertz CT molecular complexity index is 666. The molecule has 0 saturated heterocycles. The minimum Gasteiger partial charge on any atom is -0.460 e. The van der Waals surface area contributed by atoms with E-state index in [0.717, 1.165) is 36.0 Å². The number of carbonyl (C=O) groups excluding carboxylic acids is 2. The molecule has 2 aliphatic heterocycles. The van der Waals surface area contributed by atoms with Crippen LogP contribution in [0.25, 0.3) is 5.57 Å². The number of carbonyl (C=O) groups is 2. The summed E-state index contributed by atoms with van der Waals surface area (Å²) in [4.78, 5) is 22.8. The van der Waals surface area contributed by atoms with Gasteiger partial charge in [-0.25, -0.2) is 0 Å². The Hall–Kier alpha value is -2.18. The van der Waals surface area contributed by atoms with Crippen molar-refractivity contribution in [3.63, 3.8) is 0 Å². The van der Waals surface area contributed by atoms with E-state index >= 15 is 0 Å². The highest BCUT2D eigenvalue weighted by atomic mass is 16.6. The Morgan fingerprint density at radius 3 is 2.07 bits per heavy atom. The fourth-order valence-corrected chi connectivity index (χ4v) is 3.25. The van der Waals surface area contributed by atoms with Gasteiger partial charge in [0.1, 0.15) is 12.2 Å². The quantitative estimate of drug-likeness (QED) is 0.700. The minimum atomic E-state index is -0.348. The molecule has 0 aromatic heterocycles. The van der Waals surface area contributed by atoms with Crippen molar-refractivity contribution in [2.75, 3.05) is 26.4 Å². The van der Waals surface area contributed by atoms with Crippen LogP contribution in [0.3, 0.4) is 0 Å². The van der Waals surface area contributed by atoms with Crippen LogP contribution in [0.5, 0.6) is 0 Å². The van der Waals surface area contributed by atoms with Gasteiger partial charge in [-0.3, -0.25) is 9.59 Å². The first kappa shape index (κ1) is 23.1. The van der Waals surface area contributed by atoms with Crippen LogP contribution >= 0.6 is 0 Å². The summed E-state index contributed by atoms with van der Waals surface area (Å²) >= 11 is 0. The highest BCUT2D eigenvalue weighted by Crippen LogP contribution is 2.21. The van der Waals surface area contributed by atoms with Crippen LogP contribution in [-0.4, -0.2) is 50.6 Å². The van der Waals surface area contributed by atoms with Gasteiger partial charge in [0.05, 0.1) is 13.2 Å². The maximum atomic E-state index is 11.4. The SMILES string of the molecule is C=C1CC(OC(C)=O)COCCCCOCC(OC(C)=O)CCc2ccc1cc2. The maximum absolute atomic E-state index is 11.4. The van der Waals surface area contributed by atoms with Crippen LogP contribution in [0.15, 0.2) is 30.8 Å². The molecule has 2 unspecified atom stereocenters. The highest BCUT2D eigenvalue weighted by Gasteiger charge is 2.16. The second-order valence-corrected chi connectivity index (χ2v) is 7.36. The van der Waals surface area contributed by atoms with E-state index in [-0.39, 0.29) is 24.1 Å². The van der Waals surface area contributed by atoms with Gasteiger partial charge >= 0.3 is 11.9 Å². The molecule has 2 bridgehead atoms. The number of hydrogen-bond acceptors (Lipinski definition) is 6. The summed E-state index contributed by atoms with van der Waals surface area (Å²) in [5, 5.41) is 0. The van der Waals surface area contributed by atoms with Crippen LogP contribution in [-0.2, 0) is 35.0 Å². The van der Waals surface area contributed by atoms with Crippen molar-refractivity contribution in [1.29, 1.82) is 0 Å². The Labute approximate surface area is 173 Å². The molecule has 0 amide bonds. The predicted octanol–water partition coefficient (Wildman–Crippen LogP) is 3.71. The third-order valence-electron chi connectivity index (χ3n) is 4.69. The molecule has 0 fully saturated rings. The normalized spacial score (nSPS) is 22.3. The van der Waals surface area contributed by atoms with E-state index in [1.54, 1.807) is 0 Å². The third kappa shape index (κ3) is 9.24. The molecule has 1 aromatic rings. The molecule has 3 rings (SSSR count). The van der Waals surface area contributed by atoms with Crippen molar-refractivity contribution in [3.05, 3.63) is 42.0 Å². The third-order valence-corrected chi connectivity index (χ3v) is 4.69. The van der Waals surface area contributed by atoms with Gasteiger partial charge in [-0.15, -0.1) is 0 Å². The summed E-state index contributed by atoms with van der Waals surface area (Å²) in [6.07, 6.45) is 3.11. The monoisotopic (exact) mass is 404 g/mol. The topological polar surface area (TPSA) is 71.1 Å². The first-order valence-corrected chi connectivity index (χ1v) is 10.2. The van der Waals surface area contributed by atoms with Crippen molar-refractivity contribution in [2.45, 2.75) is 58.2 Å². The van der Waals surface area contributed by atoms with Gasteiger partial charge in [0.2, 0.25) is 0 Å². The maximum Gasteiger partial charge on any atom is 0.302 e. The van der Waals surface area contributed by atoms with Crippen molar-refractivity contribution in [1.82, 2.24) is 0 Å². The highest BCUT2D eigenvalue weighted by molar-refractivity contribution is 5.68. The van der Waals surface area contributed by atoms with E-state index in [9.17, 15) is 9.59 Å². The first-order chi connectivity index (χ1) is 13.9. The molecule has 0 aliphatic carbocycles. The number of esters is 2. The van der Waals surface area contributed by atoms with Crippen molar-refractivity contribution < 1.29 is 28.5 Å². The zero-order chi connectivity index (χ0) is 21.1. The molecule has 0 saturated carbocycles. The standard InChI is InChI=1S/C23H32O6/c1-17-14-23(29-19(3)25)16-27-13-5-4-12-26-15-22(28-18(2)24)11-8-20-6-9-21(17)10-7-20/h6-7,9-10,22-23H,1,4-5,8,11-16H2,2-3H3. The van der Waals surface area contributed by atoms with Crippen molar-refractivity contribution in [2.24, 2.45) is 0 Å². The van der Waals surface area contributed by atoms with Crippen LogP contribution < -0.4 is 0 Å². The van der Waals surface area contributed by atoms with Crippen LogP contribution in [0.2, 0.25) is 0 Å². The Kier molecular flexibility index (Phi) is 9.88. The van der Waals surface area contributed by atoms with E-state index in [2.05, 4.69) is 6.58 Å². The molecule has 2 atom stereocenters. The minimum absolute atomic E-state index is 0.248. The van der Waals surface area contributed by atoms with Crippen LogP contribution in [0.1, 0.15) is 50.7 Å². The molecule has 0 N–H and O–H groups in total. The summed E-state index contributed by atoms with van der Waals surface area (Å²) in [5.41, 5.74) is 3.06. The average molecular weight is 405 g/mol. The van der Waals surface area contributed by atoms with Gasteiger partial charge in [0.25, 0.3) is 0 Å². The van der Waals surface area contributed by atoms with E-state index in [1.807, 2.05) is 24.3 Å². The smallest absolute Gasteiger partial charge is 0.302 e. The number of benzene rings is 1. The molecule has 6 nitrogen and oxygen atoms in total. The lowest BCUT2D eigenvalue weighted by atomic mass is 9.98. The molecule has 0 spiro atoms. The fraction of sp³-hybridized carbons (Fsp3) is 0.565. The molecule has 2 aliphatic rings. The van der Waals surface area contributed by atoms with Crippen molar-refractivity contribution in [3.8, 4) is 0 Å². The van der Waals surface area contributed by atoms with E-state index in [4.69, 9.17) is 18.9 Å². The molecule has 6 heteroatoms. The number of hydrogen-bond donors (Lipinski definition) is 0. The summed E-state index contributed by atoms with van der Waals surface area (Å²) in [5.74, 6) is -0.609. The van der Waals surface area contributed by atoms with Gasteiger partial charge < -0.3 is 18.9 Å². The first-order valence-electron chi connectivity index (χ1n) is 10.2. The summed E-state index contributed by atoms with van der Waals surface area (Å²) in [7, 11) is 0. The summed E-state index contributed by atoms with van der Waals surface area (Å²) in [6.45, 7) is 8.86. The Balaban J connectivity index is 2.07. The number of aryl methyl sites for hydroxylation is 1. The van der Waals surface area contributed by atoms with Gasteiger partial charge in [-0.1, -0.05) is 30.8 Å². The van der Waals surface area contributed by atoms with Gasteiger partial charge in [0.15, 0.2) is 0 Å². The molecular formula is C23H32O6. The molecule has 0 radical (unpaired) electrons. The molecule has 1 aromatic carbocycles. The zero-order valence-corrected chi connectivity index (χ0v) is 17.5. The second-order valence-electron chi connectivity index (χ2n) is 7.36. The van der Waals surface area contributed by atoms with Gasteiger partial charge in [-0.05, 0) is 42.4 Å². The van der Waals surface area contributed by atoms with Crippen molar-refractivity contribution >= 4 is 17.5 Å². The lowest BCUT2D eigenvalue weighted by Gasteiger charge is -2.20. The van der Waals surface area contributed by atoms with Crippen LogP contribution in [0.4, 0.5) is 0 Å². The lowest BCUT2D eigenvalue weighted by molar-refractivity contribution is -0.150.